The molecule has 11 rings (SSSR count). The monoisotopic (exact) mass is 743 g/mol. The Morgan fingerprint density at radius 3 is 1.26 bits per heavy atom. The lowest BCUT2D eigenvalue weighted by Gasteiger charge is -2.10. The maximum atomic E-state index is 5.08. The van der Waals surface area contributed by atoms with Gasteiger partial charge in [0, 0.05) is 42.2 Å². The van der Waals surface area contributed by atoms with Crippen molar-refractivity contribution < 1.29 is 0 Å². The fourth-order valence-corrected chi connectivity index (χ4v) is 9.42. The normalized spacial score (nSPS) is 11.5. The van der Waals surface area contributed by atoms with Crippen LogP contribution < -0.4 is 0 Å². The molecule has 2 heterocycles. The molecule has 0 aliphatic carbocycles. The predicted molar refractivity (Wildman–Crippen MR) is 240 cm³/mol. The molecule has 11 aromatic rings. The number of thiophene rings is 1. The van der Waals surface area contributed by atoms with Crippen molar-refractivity contribution in [3.8, 4) is 67.5 Å². The zero-order chi connectivity index (χ0) is 37.7. The van der Waals surface area contributed by atoms with Gasteiger partial charge in [0.2, 0.25) is 0 Å². The van der Waals surface area contributed by atoms with Gasteiger partial charge in [0.05, 0.1) is 0 Å². The zero-order valence-corrected chi connectivity index (χ0v) is 31.6. The van der Waals surface area contributed by atoms with E-state index in [1.807, 2.05) is 23.5 Å². The van der Waals surface area contributed by atoms with E-state index in [9.17, 15) is 0 Å². The van der Waals surface area contributed by atoms with Crippen LogP contribution in [0.1, 0.15) is 0 Å². The molecule has 4 heteroatoms. The van der Waals surface area contributed by atoms with Gasteiger partial charge in [-0.25, -0.2) is 15.0 Å². The van der Waals surface area contributed by atoms with Crippen molar-refractivity contribution in [1.82, 2.24) is 15.0 Å². The summed E-state index contributed by atoms with van der Waals surface area (Å²) in [5.41, 5.74) is 9.84. The Hall–Kier alpha value is -7.27. The van der Waals surface area contributed by atoms with Gasteiger partial charge < -0.3 is 0 Å². The molecule has 266 valence electrons. The summed E-state index contributed by atoms with van der Waals surface area (Å²) in [6.07, 6.45) is 0. The highest BCUT2D eigenvalue weighted by Gasteiger charge is 2.16. The molecule has 0 amide bonds. The average Bonchev–Trinajstić information content (AvgIpc) is 3.69. The van der Waals surface area contributed by atoms with Crippen molar-refractivity contribution in [3.05, 3.63) is 200 Å². The minimum atomic E-state index is 0.638. The van der Waals surface area contributed by atoms with Crippen LogP contribution in [0.2, 0.25) is 0 Å². The fraction of sp³-hybridized carbons (Fsp3) is 0. The second-order valence-corrected chi connectivity index (χ2v) is 15.4. The minimum absolute atomic E-state index is 0.638. The molecule has 0 N–H and O–H groups in total. The summed E-state index contributed by atoms with van der Waals surface area (Å²) in [7, 11) is 0. The first kappa shape index (κ1) is 33.1. The Kier molecular flexibility index (Phi) is 8.01. The number of benzene rings is 9. The van der Waals surface area contributed by atoms with Crippen molar-refractivity contribution in [2.24, 2.45) is 0 Å². The third-order valence-corrected chi connectivity index (χ3v) is 12.2. The predicted octanol–water partition coefficient (Wildman–Crippen LogP) is 14.5. The fourth-order valence-electron chi connectivity index (χ4n) is 8.02. The Morgan fingerprint density at radius 1 is 0.263 bits per heavy atom. The maximum Gasteiger partial charge on any atom is 0.164 e. The van der Waals surface area contributed by atoms with Gasteiger partial charge in [-0.3, -0.25) is 0 Å². The second-order valence-electron chi connectivity index (χ2n) is 14.4. The lowest BCUT2D eigenvalue weighted by molar-refractivity contribution is 1.07. The van der Waals surface area contributed by atoms with Crippen molar-refractivity contribution in [1.29, 1.82) is 0 Å². The second kappa shape index (κ2) is 13.8. The van der Waals surface area contributed by atoms with E-state index in [1.54, 1.807) is 0 Å². The molecule has 0 saturated heterocycles. The van der Waals surface area contributed by atoms with E-state index in [1.165, 1.54) is 58.4 Å². The molecule has 0 spiro atoms. The van der Waals surface area contributed by atoms with Gasteiger partial charge in [-0.05, 0) is 49.5 Å². The van der Waals surface area contributed by atoms with Gasteiger partial charge in [0.15, 0.2) is 17.5 Å². The molecule has 0 radical (unpaired) electrons. The lowest BCUT2D eigenvalue weighted by Crippen LogP contribution is -2.00. The van der Waals surface area contributed by atoms with Gasteiger partial charge in [0.25, 0.3) is 0 Å². The van der Waals surface area contributed by atoms with Crippen LogP contribution in [0.5, 0.6) is 0 Å². The standard InChI is InChI=1S/C53H33N3S/c1-3-10-34(11-4-1)36-18-26-41(27-19-36)51-54-52(42-28-20-37(21-29-42)35-12-5-2-6-13-35)56-53(55-51)43-30-23-39(24-31-43)45-16-9-17-46-47-33-32-40-25-22-38-14-7-8-15-44(38)48(40)50(47)57-49(45)46/h1-33H. The molecule has 9 aromatic carbocycles. The highest BCUT2D eigenvalue weighted by Crippen LogP contribution is 2.44. The number of hydrogen-bond acceptors (Lipinski definition) is 4. The number of rotatable bonds is 6. The third-order valence-electron chi connectivity index (χ3n) is 11.0. The molecule has 0 saturated carbocycles. The summed E-state index contributed by atoms with van der Waals surface area (Å²) in [5, 5.41) is 7.76. The van der Waals surface area contributed by atoms with Gasteiger partial charge in [0.1, 0.15) is 0 Å². The molecular formula is C53H33N3S. The van der Waals surface area contributed by atoms with Crippen LogP contribution in [0.3, 0.4) is 0 Å². The minimum Gasteiger partial charge on any atom is -0.208 e. The van der Waals surface area contributed by atoms with Crippen molar-refractivity contribution >= 4 is 53.1 Å². The van der Waals surface area contributed by atoms with Gasteiger partial charge in [-0.15, -0.1) is 11.3 Å². The summed E-state index contributed by atoms with van der Waals surface area (Å²) in [6, 6.07) is 70.9. The molecule has 2 aromatic heterocycles. The van der Waals surface area contributed by atoms with Crippen molar-refractivity contribution in [2.45, 2.75) is 0 Å². The largest absolute Gasteiger partial charge is 0.208 e. The summed E-state index contributed by atoms with van der Waals surface area (Å²) in [6.45, 7) is 0. The van der Waals surface area contributed by atoms with Crippen molar-refractivity contribution in [2.75, 3.05) is 0 Å². The van der Waals surface area contributed by atoms with Crippen LogP contribution >= 0.6 is 11.3 Å². The molecule has 0 unspecified atom stereocenters. The van der Waals surface area contributed by atoms with E-state index >= 15 is 0 Å². The quantitative estimate of drug-likeness (QED) is 0.159. The average molecular weight is 744 g/mol. The molecule has 57 heavy (non-hydrogen) atoms. The number of hydrogen-bond donors (Lipinski definition) is 0. The first-order valence-electron chi connectivity index (χ1n) is 19.2. The van der Waals surface area contributed by atoms with Gasteiger partial charge in [-0.1, -0.05) is 200 Å². The number of aromatic nitrogens is 3. The Morgan fingerprint density at radius 2 is 0.684 bits per heavy atom. The molecule has 3 nitrogen and oxygen atoms in total. The first-order valence-corrected chi connectivity index (χ1v) is 20.0. The molecule has 0 bridgehead atoms. The van der Waals surface area contributed by atoms with E-state index in [4.69, 9.17) is 15.0 Å². The van der Waals surface area contributed by atoms with Crippen molar-refractivity contribution in [3.63, 3.8) is 0 Å². The Bertz CT molecular complexity index is 3140. The number of fused-ring (bicyclic) bond motifs is 7. The van der Waals surface area contributed by atoms with Gasteiger partial charge >= 0.3 is 0 Å². The molecular weight excluding hydrogens is 711 g/mol. The van der Waals surface area contributed by atoms with Gasteiger partial charge in [-0.2, -0.15) is 0 Å². The van der Waals surface area contributed by atoms with Crippen LogP contribution in [0.25, 0.3) is 109 Å². The Balaban J connectivity index is 1.00. The summed E-state index contributed by atoms with van der Waals surface area (Å²) < 4.78 is 2.63. The van der Waals surface area contributed by atoms with E-state index in [2.05, 4.69) is 188 Å². The third kappa shape index (κ3) is 5.95. The van der Waals surface area contributed by atoms with Crippen LogP contribution in [0, 0.1) is 0 Å². The van der Waals surface area contributed by atoms with Crippen LogP contribution in [0.4, 0.5) is 0 Å². The molecule has 0 atom stereocenters. The first-order chi connectivity index (χ1) is 28.2. The van der Waals surface area contributed by atoms with E-state index in [-0.39, 0.29) is 0 Å². The summed E-state index contributed by atoms with van der Waals surface area (Å²) >= 11 is 1.89. The highest BCUT2D eigenvalue weighted by atomic mass is 32.1. The number of nitrogens with zero attached hydrogens (tertiary/aromatic N) is 3. The summed E-state index contributed by atoms with van der Waals surface area (Å²) in [4.78, 5) is 15.2. The SMILES string of the molecule is c1ccc(-c2ccc(-c3nc(-c4ccc(-c5ccccc5)cc4)nc(-c4ccc(-c5cccc6c5sc5c6ccc6ccc7ccccc7c65)cc4)n3)cc2)cc1. The summed E-state index contributed by atoms with van der Waals surface area (Å²) in [5.74, 6) is 1.92. The molecule has 0 aliphatic heterocycles. The van der Waals surface area contributed by atoms with Crippen LogP contribution in [-0.2, 0) is 0 Å². The molecule has 0 aliphatic rings. The van der Waals surface area contributed by atoms with E-state index in [0.29, 0.717) is 17.5 Å². The highest BCUT2D eigenvalue weighted by molar-refractivity contribution is 7.27. The van der Waals surface area contributed by atoms with E-state index in [0.717, 1.165) is 33.4 Å². The molecule has 0 fully saturated rings. The lowest BCUT2D eigenvalue weighted by atomic mass is 9.98. The van der Waals surface area contributed by atoms with E-state index < -0.39 is 0 Å². The smallest absolute Gasteiger partial charge is 0.164 e. The van der Waals surface area contributed by atoms with Crippen LogP contribution in [-0.4, -0.2) is 15.0 Å². The Labute approximate surface area is 334 Å². The zero-order valence-electron chi connectivity index (χ0n) is 30.8. The van der Waals surface area contributed by atoms with Crippen LogP contribution in [0.15, 0.2) is 200 Å². The maximum absolute atomic E-state index is 5.08. The topological polar surface area (TPSA) is 38.7 Å².